The van der Waals surface area contributed by atoms with E-state index in [2.05, 4.69) is 25.3 Å². The number of nitrogens with zero attached hydrogens (tertiary/aromatic N) is 2. The molecule has 0 aliphatic rings. The second-order valence-electron chi connectivity index (χ2n) is 2.00. The maximum atomic E-state index is 5.30. The Hall–Kier alpha value is -0.0000000000000000555. The highest BCUT2D eigenvalue weighted by atomic mass is 79.9. The third-order valence-electron chi connectivity index (χ3n) is 1.20. The molecule has 1 atom stereocenters. The standard InChI is InChI=1S/C6H9BrN2OS/c1-3-10-4(2)5-8-6(7)11-9-5/h4H,3H2,1-2H3. The largest absolute Gasteiger partial charge is 0.371 e. The molecule has 1 aromatic rings. The van der Waals surface area contributed by atoms with E-state index in [1.165, 1.54) is 11.5 Å². The molecular formula is C6H9BrN2OS. The molecule has 0 radical (unpaired) electrons. The molecule has 0 bridgehead atoms. The van der Waals surface area contributed by atoms with E-state index in [4.69, 9.17) is 4.74 Å². The van der Waals surface area contributed by atoms with Gasteiger partial charge in [-0.2, -0.15) is 4.37 Å². The van der Waals surface area contributed by atoms with Crippen molar-refractivity contribution in [1.82, 2.24) is 9.36 Å². The predicted octanol–water partition coefficient (Wildman–Crippen LogP) is 2.40. The molecule has 0 aliphatic carbocycles. The summed E-state index contributed by atoms with van der Waals surface area (Å²) < 4.78 is 10.2. The zero-order chi connectivity index (χ0) is 8.27. The van der Waals surface area contributed by atoms with Crippen LogP contribution < -0.4 is 0 Å². The molecule has 5 heteroatoms. The topological polar surface area (TPSA) is 35.0 Å². The Morgan fingerprint density at radius 2 is 2.45 bits per heavy atom. The van der Waals surface area contributed by atoms with Crippen LogP contribution in [0.2, 0.25) is 0 Å². The average molecular weight is 237 g/mol. The Morgan fingerprint density at radius 1 is 1.73 bits per heavy atom. The molecule has 0 saturated carbocycles. The summed E-state index contributed by atoms with van der Waals surface area (Å²) in [5, 5.41) is 0. The van der Waals surface area contributed by atoms with Crippen molar-refractivity contribution >= 4 is 27.5 Å². The molecule has 0 saturated heterocycles. The summed E-state index contributed by atoms with van der Waals surface area (Å²) in [6.45, 7) is 4.59. The summed E-state index contributed by atoms with van der Waals surface area (Å²) in [7, 11) is 0. The molecular weight excluding hydrogens is 228 g/mol. The van der Waals surface area contributed by atoms with Crippen LogP contribution in [0.15, 0.2) is 3.92 Å². The summed E-state index contributed by atoms with van der Waals surface area (Å²) in [6, 6.07) is 0. The highest BCUT2D eigenvalue weighted by Gasteiger charge is 2.09. The number of ether oxygens (including phenoxy) is 1. The summed E-state index contributed by atoms with van der Waals surface area (Å²) >= 11 is 4.58. The van der Waals surface area contributed by atoms with Gasteiger partial charge in [-0.15, -0.1) is 0 Å². The maximum Gasteiger partial charge on any atom is 0.179 e. The van der Waals surface area contributed by atoms with Crippen molar-refractivity contribution < 1.29 is 4.74 Å². The van der Waals surface area contributed by atoms with Crippen molar-refractivity contribution in [2.24, 2.45) is 0 Å². The fraction of sp³-hybridized carbons (Fsp3) is 0.667. The van der Waals surface area contributed by atoms with Crippen molar-refractivity contribution in [3.05, 3.63) is 9.74 Å². The Balaban J connectivity index is 2.60. The van der Waals surface area contributed by atoms with Gasteiger partial charge in [0.05, 0.1) is 0 Å². The molecule has 0 fully saturated rings. The van der Waals surface area contributed by atoms with Gasteiger partial charge in [-0.25, -0.2) is 4.98 Å². The molecule has 1 unspecified atom stereocenters. The second kappa shape index (κ2) is 4.13. The number of hydrogen-bond donors (Lipinski definition) is 0. The van der Waals surface area contributed by atoms with E-state index in [-0.39, 0.29) is 6.10 Å². The third kappa shape index (κ3) is 2.50. The second-order valence-corrected chi connectivity index (χ2v) is 4.03. The first-order valence-corrected chi connectivity index (χ1v) is 4.91. The van der Waals surface area contributed by atoms with Crippen LogP contribution in [-0.2, 0) is 4.74 Å². The molecule has 1 aromatic heterocycles. The number of hydrogen-bond acceptors (Lipinski definition) is 4. The minimum atomic E-state index is 0.00236. The van der Waals surface area contributed by atoms with Gasteiger partial charge in [0.2, 0.25) is 0 Å². The molecule has 0 N–H and O–H groups in total. The molecule has 0 amide bonds. The van der Waals surface area contributed by atoms with Crippen molar-refractivity contribution in [2.75, 3.05) is 6.61 Å². The lowest BCUT2D eigenvalue weighted by Gasteiger charge is -2.05. The third-order valence-corrected chi connectivity index (χ3v) is 2.33. The van der Waals surface area contributed by atoms with Crippen molar-refractivity contribution in [2.45, 2.75) is 20.0 Å². The molecule has 0 aliphatic heterocycles. The van der Waals surface area contributed by atoms with Crippen LogP contribution in [0.5, 0.6) is 0 Å². The van der Waals surface area contributed by atoms with E-state index in [1.54, 1.807) is 0 Å². The maximum absolute atomic E-state index is 5.30. The molecule has 1 rings (SSSR count). The van der Waals surface area contributed by atoms with Crippen LogP contribution >= 0.6 is 27.5 Å². The first-order valence-electron chi connectivity index (χ1n) is 3.34. The van der Waals surface area contributed by atoms with Crippen molar-refractivity contribution in [1.29, 1.82) is 0 Å². The van der Waals surface area contributed by atoms with E-state index < -0.39 is 0 Å². The number of aromatic nitrogens is 2. The summed E-state index contributed by atoms with van der Waals surface area (Å²) in [5.41, 5.74) is 0. The van der Waals surface area contributed by atoms with Gasteiger partial charge in [-0.1, -0.05) is 0 Å². The highest BCUT2D eigenvalue weighted by molar-refractivity contribution is 9.11. The molecule has 1 heterocycles. The lowest BCUT2D eigenvalue weighted by Crippen LogP contribution is -2.00. The van der Waals surface area contributed by atoms with Crippen LogP contribution in [0, 0.1) is 0 Å². The van der Waals surface area contributed by atoms with E-state index >= 15 is 0 Å². The number of rotatable bonds is 3. The SMILES string of the molecule is CCOC(C)c1nsc(Br)n1. The summed E-state index contributed by atoms with van der Waals surface area (Å²) in [6.07, 6.45) is 0.00236. The molecule has 0 aromatic carbocycles. The first-order chi connectivity index (χ1) is 5.24. The Labute approximate surface area is 78.1 Å². The lowest BCUT2D eigenvalue weighted by molar-refractivity contribution is 0.0709. The minimum Gasteiger partial charge on any atom is -0.371 e. The van der Waals surface area contributed by atoms with Gasteiger partial charge >= 0.3 is 0 Å². The van der Waals surface area contributed by atoms with Gasteiger partial charge in [-0.3, -0.25) is 0 Å². The average Bonchev–Trinajstić information content (AvgIpc) is 2.36. The predicted molar refractivity (Wildman–Crippen MR) is 47.7 cm³/mol. The van der Waals surface area contributed by atoms with E-state index in [0.29, 0.717) is 6.61 Å². The normalized spacial score (nSPS) is 13.4. The van der Waals surface area contributed by atoms with Crippen molar-refractivity contribution in [3.8, 4) is 0 Å². The van der Waals surface area contributed by atoms with Gasteiger partial charge < -0.3 is 4.74 Å². The van der Waals surface area contributed by atoms with Crippen molar-refractivity contribution in [3.63, 3.8) is 0 Å². The van der Waals surface area contributed by atoms with Crippen LogP contribution in [0.25, 0.3) is 0 Å². The quantitative estimate of drug-likeness (QED) is 0.809. The molecule has 11 heavy (non-hydrogen) atoms. The van der Waals surface area contributed by atoms with Gasteiger partial charge in [-0.05, 0) is 41.3 Å². The number of halogens is 1. The first kappa shape index (κ1) is 9.09. The Kier molecular flexibility index (Phi) is 3.42. The van der Waals surface area contributed by atoms with Gasteiger partial charge in [0.15, 0.2) is 9.74 Å². The van der Waals surface area contributed by atoms with Gasteiger partial charge in [0.25, 0.3) is 0 Å². The smallest absolute Gasteiger partial charge is 0.179 e. The van der Waals surface area contributed by atoms with E-state index in [0.717, 1.165) is 9.74 Å². The molecule has 62 valence electrons. The van der Waals surface area contributed by atoms with Gasteiger partial charge in [0, 0.05) is 6.61 Å². The van der Waals surface area contributed by atoms with E-state index in [9.17, 15) is 0 Å². The Morgan fingerprint density at radius 3 is 2.91 bits per heavy atom. The fourth-order valence-electron chi connectivity index (χ4n) is 0.705. The summed E-state index contributed by atoms with van der Waals surface area (Å²) in [5.74, 6) is 0.753. The summed E-state index contributed by atoms with van der Waals surface area (Å²) in [4.78, 5) is 4.13. The lowest BCUT2D eigenvalue weighted by atomic mass is 10.4. The highest BCUT2D eigenvalue weighted by Crippen LogP contribution is 2.18. The van der Waals surface area contributed by atoms with Crippen LogP contribution in [-0.4, -0.2) is 16.0 Å². The van der Waals surface area contributed by atoms with Crippen LogP contribution in [0.3, 0.4) is 0 Å². The fourth-order valence-corrected chi connectivity index (χ4v) is 1.60. The zero-order valence-electron chi connectivity index (χ0n) is 6.37. The molecule has 3 nitrogen and oxygen atoms in total. The van der Waals surface area contributed by atoms with E-state index in [1.807, 2.05) is 13.8 Å². The van der Waals surface area contributed by atoms with Gasteiger partial charge in [0.1, 0.15) is 6.10 Å². The zero-order valence-corrected chi connectivity index (χ0v) is 8.78. The van der Waals surface area contributed by atoms with Crippen LogP contribution in [0.1, 0.15) is 25.8 Å². The molecule has 0 spiro atoms. The van der Waals surface area contributed by atoms with Crippen LogP contribution in [0.4, 0.5) is 0 Å². The monoisotopic (exact) mass is 236 g/mol. The Bertz CT molecular complexity index is 228. The minimum absolute atomic E-state index is 0.00236.